The Kier molecular flexibility index (Phi) is 4.12. The average Bonchev–Trinajstić information content (AvgIpc) is 3.12. The molecule has 23 heavy (non-hydrogen) atoms. The van der Waals surface area contributed by atoms with Crippen LogP contribution in [0.5, 0.6) is 0 Å². The van der Waals surface area contributed by atoms with Crippen molar-refractivity contribution in [2.45, 2.75) is 6.54 Å². The van der Waals surface area contributed by atoms with Gasteiger partial charge in [-0.1, -0.05) is 11.6 Å². The molecule has 0 unspecified atom stereocenters. The summed E-state index contributed by atoms with van der Waals surface area (Å²) in [7, 11) is 0. The Balaban J connectivity index is 1.92. The number of nitrogens with zero attached hydrogens (tertiary/aromatic N) is 2. The maximum Gasteiger partial charge on any atom is 0.358 e. The lowest BCUT2D eigenvalue weighted by molar-refractivity contribution is 0.262. The summed E-state index contributed by atoms with van der Waals surface area (Å²) in [4.78, 5) is 18.3. The quantitative estimate of drug-likeness (QED) is 0.743. The summed E-state index contributed by atoms with van der Waals surface area (Å²) < 4.78 is 33.2. The summed E-state index contributed by atoms with van der Waals surface area (Å²) in [6.45, 7) is -0.105. The van der Waals surface area contributed by atoms with Gasteiger partial charge in [-0.2, -0.15) is 0 Å². The second kappa shape index (κ2) is 6.21. The van der Waals surface area contributed by atoms with Gasteiger partial charge in [0, 0.05) is 24.0 Å². The lowest BCUT2D eigenvalue weighted by atomic mass is 10.2. The zero-order chi connectivity index (χ0) is 16.4. The van der Waals surface area contributed by atoms with Crippen LogP contribution in [0.2, 0.25) is 5.02 Å². The molecule has 0 radical (unpaired) electrons. The van der Waals surface area contributed by atoms with Crippen LogP contribution in [0.15, 0.2) is 39.9 Å². The fourth-order valence-electron chi connectivity index (χ4n) is 2.01. The topological polar surface area (TPSA) is 63.8 Å². The van der Waals surface area contributed by atoms with Crippen molar-refractivity contribution in [2.75, 3.05) is 0 Å². The van der Waals surface area contributed by atoms with Crippen LogP contribution in [-0.4, -0.2) is 14.7 Å². The molecule has 0 saturated carbocycles. The van der Waals surface area contributed by atoms with Gasteiger partial charge in [0.25, 0.3) is 0 Å². The van der Waals surface area contributed by atoms with E-state index in [0.717, 1.165) is 6.07 Å². The molecule has 0 aliphatic heterocycles. The Morgan fingerprint density at radius 2 is 2.09 bits per heavy atom. The highest BCUT2D eigenvalue weighted by Gasteiger charge is 2.12. The molecule has 8 heteroatoms. The van der Waals surface area contributed by atoms with Gasteiger partial charge in [-0.15, -0.1) is 0 Å². The summed E-state index contributed by atoms with van der Waals surface area (Å²) in [5.41, 5.74) is -0.0765. The van der Waals surface area contributed by atoms with Crippen LogP contribution in [0.25, 0.3) is 12.2 Å². The van der Waals surface area contributed by atoms with Crippen molar-refractivity contribution >= 4 is 23.8 Å². The van der Waals surface area contributed by atoms with Crippen LogP contribution >= 0.6 is 11.6 Å². The molecule has 0 atom stereocenters. The Morgan fingerprint density at radius 1 is 1.26 bits per heavy atom. The molecule has 0 bridgehead atoms. The fourth-order valence-corrected chi connectivity index (χ4v) is 2.19. The first-order valence-electron chi connectivity index (χ1n) is 6.55. The molecule has 118 valence electrons. The predicted molar refractivity (Wildman–Crippen MR) is 81.0 cm³/mol. The molecule has 0 aliphatic rings. The summed E-state index contributed by atoms with van der Waals surface area (Å²) >= 11 is 5.66. The van der Waals surface area contributed by atoms with Gasteiger partial charge in [-0.3, -0.25) is 0 Å². The normalized spacial score (nSPS) is 11.4. The molecule has 0 saturated heterocycles. The monoisotopic (exact) mass is 337 g/mol. The van der Waals surface area contributed by atoms with E-state index >= 15 is 0 Å². The van der Waals surface area contributed by atoms with E-state index in [1.54, 1.807) is 24.5 Å². The number of nitrogens with one attached hydrogen (secondary N) is 1. The van der Waals surface area contributed by atoms with Crippen LogP contribution in [0.3, 0.4) is 0 Å². The number of benzene rings is 1. The Morgan fingerprint density at radius 3 is 2.83 bits per heavy atom. The third-order valence-corrected chi connectivity index (χ3v) is 3.38. The van der Waals surface area contributed by atoms with Gasteiger partial charge in [0.05, 0.1) is 23.3 Å². The predicted octanol–water partition coefficient (Wildman–Crippen LogP) is 3.31. The zero-order valence-electron chi connectivity index (χ0n) is 11.6. The van der Waals surface area contributed by atoms with Gasteiger partial charge < -0.3 is 9.51 Å². The molecule has 3 rings (SSSR count). The van der Waals surface area contributed by atoms with Gasteiger partial charge in [0.1, 0.15) is 17.5 Å². The van der Waals surface area contributed by atoms with E-state index in [-0.39, 0.29) is 17.1 Å². The average molecular weight is 338 g/mol. The smallest absolute Gasteiger partial charge is 0.345 e. The van der Waals surface area contributed by atoms with E-state index in [9.17, 15) is 13.6 Å². The number of aromatic amines is 1. The Hall–Kier alpha value is -2.67. The van der Waals surface area contributed by atoms with E-state index in [4.69, 9.17) is 16.1 Å². The second-order valence-corrected chi connectivity index (χ2v) is 5.09. The number of aromatic nitrogens is 3. The first-order valence-corrected chi connectivity index (χ1v) is 6.93. The van der Waals surface area contributed by atoms with E-state index in [2.05, 4.69) is 9.97 Å². The van der Waals surface area contributed by atoms with Crippen molar-refractivity contribution in [2.24, 2.45) is 0 Å². The van der Waals surface area contributed by atoms with Crippen molar-refractivity contribution in [1.82, 2.24) is 14.7 Å². The summed E-state index contributed by atoms with van der Waals surface area (Å²) in [5, 5.41) is -0.205. The summed E-state index contributed by atoms with van der Waals surface area (Å²) in [6, 6.07) is 3.10. The minimum atomic E-state index is -0.847. The number of rotatable bonds is 4. The van der Waals surface area contributed by atoms with Gasteiger partial charge in [0.15, 0.2) is 0 Å². The minimum Gasteiger partial charge on any atom is -0.345 e. The SMILES string of the molecule is O=c1cc(/C=C\c2ncc[nH]2)n(Cc2cc(Cl)c(F)cc2F)o1. The highest BCUT2D eigenvalue weighted by molar-refractivity contribution is 6.30. The molecule has 2 aromatic heterocycles. The number of hydrogen-bond acceptors (Lipinski definition) is 3. The van der Waals surface area contributed by atoms with Gasteiger partial charge >= 0.3 is 5.63 Å². The summed E-state index contributed by atoms with van der Waals surface area (Å²) in [6.07, 6.45) is 6.46. The number of H-pyrrole nitrogens is 1. The molecule has 5 nitrogen and oxygen atoms in total. The van der Waals surface area contributed by atoms with Crippen LogP contribution in [0, 0.1) is 11.6 Å². The second-order valence-electron chi connectivity index (χ2n) is 4.68. The highest BCUT2D eigenvalue weighted by atomic mass is 35.5. The molecule has 0 amide bonds. The van der Waals surface area contributed by atoms with E-state index in [1.165, 1.54) is 10.8 Å². The highest BCUT2D eigenvalue weighted by Crippen LogP contribution is 2.20. The number of imidazole rings is 1. The van der Waals surface area contributed by atoms with Gasteiger partial charge in [0.2, 0.25) is 0 Å². The lowest BCUT2D eigenvalue weighted by Crippen LogP contribution is -2.04. The molecule has 1 aromatic carbocycles. The van der Waals surface area contributed by atoms with Crippen molar-refractivity contribution in [3.05, 3.63) is 74.8 Å². The third kappa shape index (κ3) is 3.40. The third-order valence-electron chi connectivity index (χ3n) is 3.09. The molecule has 3 aromatic rings. The molecule has 0 fully saturated rings. The molecule has 1 N–H and O–H groups in total. The molecular formula is C15H10ClF2N3O2. The molecule has 2 heterocycles. The van der Waals surface area contributed by atoms with E-state index in [1.807, 2.05) is 0 Å². The van der Waals surface area contributed by atoms with Crippen LogP contribution in [-0.2, 0) is 6.54 Å². The first-order chi connectivity index (χ1) is 11.0. The minimum absolute atomic E-state index is 0.100. The Bertz CT molecular complexity index is 913. The largest absolute Gasteiger partial charge is 0.358 e. The molecular weight excluding hydrogens is 328 g/mol. The maximum absolute atomic E-state index is 13.8. The fraction of sp³-hybridized carbons (Fsp3) is 0.0667. The van der Waals surface area contributed by atoms with E-state index in [0.29, 0.717) is 17.6 Å². The Labute approximate surface area is 133 Å². The van der Waals surface area contributed by atoms with Crippen molar-refractivity contribution in [1.29, 1.82) is 0 Å². The van der Waals surface area contributed by atoms with Crippen LogP contribution in [0.1, 0.15) is 17.1 Å². The summed E-state index contributed by atoms with van der Waals surface area (Å²) in [5.74, 6) is -1.04. The number of hydrogen-bond donors (Lipinski definition) is 1. The number of halogens is 3. The van der Waals surface area contributed by atoms with Gasteiger partial charge in [-0.25, -0.2) is 23.3 Å². The first kappa shape index (κ1) is 15.2. The lowest BCUT2D eigenvalue weighted by Gasteiger charge is -2.06. The van der Waals surface area contributed by atoms with Crippen LogP contribution in [0.4, 0.5) is 8.78 Å². The standard InChI is InChI=1S/C15H10ClF2N3O2/c16-11-5-9(12(17)7-13(11)18)8-21-10(6-15(22)23-21)1-2-14-19-3-4-20-14/h1-7H,8H2,(H,19,20)/b2-1-. The van der Waals surface area contributed by atoms with Crippen molar-refractivity contribution in [3.8, 4) is 0 Å². The molecule has 0 aliphatic carbocycles. The molecule has 0 spiro atoms. The van der Waals surface area contributed by atoms with Gasteiger partial charge in [-0.05, 0) is 18.2 Å². The van der Waals surface area contributed by atoms with Crippen molar-refractivity contribution < 1.29 is 13.3 Å². The van der Waals surface area contributed by atoms with Crippen molar-refractivity contribution in [3.63, 3.8) is 0 Å². The van der Waals surface area contributed by atoms with E-state index < -0.39 is 17.3 Å². The van der Waals surface area contributed by atoms with Crippen LogP contribution < -0.4 is 5.63 Å². The zero-order valence-corrected chi connectivity index (χ0v) is 12.3. The maximum atomic E-state index is 13.8.